The van der Waals surface area contributed by atoms with Crippen molar-refractivity contribution >= 4 is 92.1 Å². The minimum Gasteiger partial charge on any atom is -0.454 e. The van der Waals surface area contributed by atoms with Crippen molar-refractivity contribution in [3.63, 3.8) is 0 Å². The van der Waals surface area contributed by atoms with Gasteiger partial charge in [-0.15, -0.1) is 11.3 Å². The van der Waals surface area contributed by atoms with Gasteiger partial charge in [-0.05, 0) is 69.1 Å². The summed E-state index contributed by atoms with van der Waals surface area (Å²) in [6, 6.07) is 59.0. The zero-order valence-corrected chi connectivity index (χ0v) is 26.2. The van der Waals surface area contributed by atoms with Crippen molar-refractivity contribution in [2.24, 2.45) is 0 Å². The first-order valence-corrected chi connectivity index (χ1v) is 16.7. The van der Waals surface area contributed by atoms with E-state index in [-0.39, 0.29) is 0 Å². The Bertz CT molecular complexity index is 2810. The first kappa shape index (κ1) is 26.3. The number of rotatable bonds is 4. The molecule has 0 spiro atoms. The number of fused-ring (bicyclic) bond motifs is 9. The van der Waals surface area contributed by atoms with Gasteiger partial charge in [0.1, 0.15) is 5.58 Å². The average Bonchev–Trinajstić information content (AvgIpc) is 3.72. The summed E-state index contributed by atoms with van der Waals surface area (Å²) in [4.78, 5) is 2.42. The Morgan fingerprint density at radius 3 is 2.06 bits per heavy atom. The van der Waals surface area contributed by atoms with E-state index >= 15 is 0 Å². The van der Waals surface area contributed by atoms with E-state index in [9.17, 15) is 0 Å². The van der Waals surface area contributed by atoms with Crippen molar-refractivity contribution in [3.05, 3.63) is 164 Å². The number of para-hydroxylation sites is 2. The maximum absolute atomic E-state index is 6.70. The molecule has 0 amide bonds. The summed E-state index contributed by atoms with van der Waals surface area (Å²) in [5, 5.41) is 9.68. The number of thiophene rings is 1. The van der Waals surface area contributed by atoms with Gasteiger partial charge in [0.2, 0.25) is 0 Å². The standard InChI is InChI=1S/C44H27NOS/c1-2-11-28(12-3-1)33-25-26-38(42-36-16-7-9-20-41(36)47-44(33)42)45(39-18-10-17-35-34-15-6-8-19-40(34)46-43(35)39)31-24-23-30-22-21-29-13-4-5-14-32(29)37(30)27-31/h1-27H. The van der Waals surface area contributed by atoms with Gasteiger partial charge in [0, 0.05) is 36.6 Å². The molecule has 2 aromatic heterocycles. The number of furan rings is 1. The van der Waals surface area contributed by atoms with Crippen LogP contribution in [0.1, 0.15) is 0 Å². The molecule has 2 heterocycles. The molecule has 10 rings (SSSR count). The van der Waals surface area contributed by atoms with Crippen molar-refractivity contribution in [1.82, 2.24) is 0 Å². The van der Waals surface area contributed by atoms with E-state index in [0.29, 0.717) is 0 Å². The van der Waals surface area contributed by atoms with Gasteiger partial charge in [0.25, 0.3) is 0 Å². The van der Waals surface area contributed by atoms with Crippen molar-refractivity contribution in [3.8, 4) is 11.1 Å². The van der Waals surface area contributed by atoms with Crippen LogP contribution < -0.4 is 4.90 Å². The minimum atomic E-state index is 0.881. The van der Waals surface area contributed by atoms with E-state index in [1.54, 1.807) is 0 Å². The molecule has 8 aromatic carbocycles. The number of benzene rings is 8. The van der Waals surface area contributed by atoms with Crippen LogP contribution in [-0.4, -0.2) is 0 Å². The summed E-state index contributed by atoms with van der Waals surface area (Å²) in [5.74, 6) is 0. The minimum absolute atomic E-state index is 0.881. The molecule has 220 valence electrons. The maximum atomic E-state index is 6.70. The van der Waals surface area contributed by atoms with E-state index < -0.39 is 0 Å². The lowest BCUT2D eigenvalue weighted by Gasteiger charge is -2.27. The van der Waals surface area contributed by atoms with Crippen LogP contribution in [0.25, 0.3) is 74.8 Å². The third-order valence-electron chi connectivity index (χ3n) is 9.44. The number of anilines is 3. The summed E-state index contributed by atoms with van der Waals surface area (Å²) in [5.41, 5.74) is 7.48. The highest BCUT2D eigenvalue weighted by molar-refractivity contribution is 7.26. The van der Waals surface area contributed by atoms with Gasteiger partial charge in [-0.25, -0.2) is 0 Å². The van der Waals surface area contributed by atoms with Crippen molar-refractivity contribution in [2.75, 3.05) is 4.90 Å². The molecule has 10 aromatic rings. The number of hydrogen-bond donors (Lipinski definition) is 0. The van der Waals surface area contributed by atoms with Crippen molar-refractivity contribution in [1.29, 1.82) is 0 Å². The second kappa shape index (κ2) is 10.3. The molecule has 0 aliphatic rings. The van der Waals surface area contributed by atoms with Crippen LogP contribution in [0, 0.1) is 0 Å². The summed E-state index contributed by atoms with van der Waals surface area (Å²) in [6.07, 6.45) is 0. The first-order valence-electron chi connectivity index (χ1n) is 15.9. The molecule has 0 saturated heterocycles. The molecule has 3 heteroatoms. The van der Waals surface area contributed by atoms with E-state index in [0.717, 1.165) is 39.0 Å². The molecule has 0 radical (unpaired) electrons. The summed E-state index contributed by atoms with van der Waals surface area (Å²) in [7, 11) is 0. The van der Waals surface area contributed by atoms with Gasteiger partial charge < -0.3 is 9.32 Å². The van der Waals surface area contributed by atoms with E-state index in [2.05, 4.69) is 163 Å². The Labute approximate surface area is 275 Å². The van der Waals surface area contributed by atoms with Crippen LogP contribution in [0.3, 0.4) is 0 Å². The molecule has 0 saturated carbocycles. The quantitative estimate of drug-likeness (QED) is 0.183. The van der Waals surface area contributed by atoms with E-state index in [1.807, 2.05) is 17.4 Å². The van der Waals surface area contributed by atoms with Crippen LogP contribution in [-0.2, 0) is 0 Å². The predicted molar refractivity (Wildman–Crippen MR) is 202 cm³/mol. The summed E-state index contributed by atoms with van der Waals surface area (Å²) in [6.45, 7) is 0. The second-order valence-corrected chi connectivity index (χ2v) is 13.1. The molecule has 0 bridgehead atoms. The lowest BCUT2D eigenvalue weighted by molar-refractivity contribution is 0.669. The smallest absolute Gasteiger partial charge is 0.159 e. The molecular formula is C44H27NOS. The van der Waals surface area contributed by atoms with Crippen LogP contribution in [0.2, 0.25) is 0 Å². The molecule has 0 aliphatic carbocycles. The SMILES string of the molecule is c1ccc(-c2ccc(N(c3ccc4ccc5ccccc5c4c3)c3cccc4c3oc3ccccc34)c3c2sc2ccccc23)cc1. The summed E-state index contributed by atoms with van der Waals surface area (Å²) < 4.78 is 9.26. The van der Waals surface area contributed by atoms with Gasteiger partial charge in [0.15, 0.2) is 5.58 Å². The maximum Gasteiger partial charge on any atom is 0.159 e. The zero-order valence-electron chi connectivity index (χ0n) is 25.4. The highest BCUT2D eigenvalue weighted by atomic mass is 32.1. The fourth-order valence-corrected chi connectivity index (χ4v) is 8.55. The lowest BCUT2D eigenvalue weighted by atomic mass is 9.98. The largest absolute Gasteiger partial charge is 0.454 e. The zero-order chi connectivity index (χ0) is 30.9. The fraction of sp³-hybridized carbons (Fsp3) is 0. The Morgan fingerprint density at radius 1 is 0.468 bits per heavy atom. The Morgan fingerprint density at radius 2 is 1.17 bits per heavy atom. The second-order valence-electron chi connectivity index (χ2n) is 12.1. The Balaban J connectivity index is 1.34. The molecule has 0 aliphatic heterocycles. The molecular weight excluding hydrogens is 591 g/mol. The van der Waals surface area contributed by atoms with Gasteiger partial charge in [-0.2, -0.15) is 0 Å². The predicted octanol–water partition coefficient (Wildman–Crippen LogP) is 13.4. The van der Waals surface area contributed by atoms with Crippen LogP contribution in [0.4, 0.5) is 17.1 Å². The monoisotopic (exact) mass is 617 g/mol. The van der Waals surface area contributed by atoms with Gasteiger partial charge in [-0.3, -0.25) is 0 Å². The Hall–Kier alpha value is -5.90. The molecule has 0 unspecified atom stereocenters. The summed E-state index contributed by atoms with van der Waals surface area (Å²) >= 11 is 1.87. The molecule has 0 N–H and O–H groups in total. The van der Waals surface area contributed by atoms with E-state index in [4.69, 9.17) is 4.42 Å². The van der Waals surface area contributed by atoms with Gasteiger partial charge in [0.05, 0.1) is 11.4 Å². The topological polar surface area (TPSA) is 16.4 Å². The Kier molecular flexibility index (Phi) is 5.78. The van der Waals surface area contributed by atoms with Crippen LogP contribution >= 0.6 is 11.3 Å². The number of nitrogens with zero attached hydrogens (tertiary/aromatic N) is 1. The normalized spacial score (nSPS) is 11.8. The van der Waals surface area contributed by atoms with E-state index in [1.165, 1.54) is 52.8 Å². The first-order chi connectivity index (χ1) is 23.3. The van der Waals surface area contributed by atoms with Crippen molar-refractivity contribution < 1.29 is 4.42 Å². The van der Waals surface area contributed by atoms with Gasteiger partial charge >= 0.3 is 0 Å². The fourth-order valence-electron chi connectivity index (χ4n) is 7.29. The third kappa shape index (κ3) is 4.04. The molecule has 0 fully saturated rings. The van der Waals surface area contributed by atoms with Crippen LogP contribution in [0.5, 0.6) is 0 Å². The molecule has 0 atom stereocenters. The highest BCUT2D eigenvalue weighted by Gasteiger charge is 2.24. The van der Waals surface area contributed by atoms with Crippen LogP contribution in [0.15, 0.2) is 168 Å². The lowest BCUT2D eigenvalue weighted by Crippen LogP contribution is -2.11. The number of hydrogen-bond acceptors (Lipinski definition) is 3. The average molecular weight is 618 g/mol. The molecule has 47 heavy (non-hydrogen) atoms. The van der Waals surface area contributed by atoms with Crippen molar-refractivity contribution in [2.45, 2.75) is 0 Å². The third-order valence-corrected chi connectivity index (χ3v) is 10.6. The molecule has 2 nitrogen and oxygen atoms in total. The highest BCUT2D eigenvalue weighted by Crippen LogP contribution is 2.50. The van der Waals surface area contributed by atoms with Gasteiger partial charge in [-0.1, -0.05) is 127 Å².